The highest BCUT2D eigenvalue weighted by Gasteiger charge is 2.45. The molecule has 0 radical (unpaired) electrons. The maximum Gasteiger partial charge on any atom is 0.334 e. The van der Waals surface area contributed by atoms with Gasteiger partial charge in [-0.2, -0.15) is 5.26 Å². The molecule has 1 aliphatic heterocycles. The molecule has 222 valence electrons. The lowest BCUT2D eigenvalue weighted by Crippen LogP contribution is -2.37. The summed E-state index contributed by atoms with van der Waals surface area (Å²) >= 11 is 6.25. The van der Waals surface area contributed by atoms with E-state index in [1.165, 1.54) is 0 Å². The van der Waals surface area contributed by atoms with Gasteiger partial charge in [-0.1, -0.05) is 17.2 Å². The Kier molecular flexibility index (Phi) is 12.5. The van der Waals surface area contributed by atoms with Crippen LogP contribution >= 0.6 is 11.6 Å². The third-order valence-electron chi connectivity index (χ3n) is 7.41. The lowest BCUT2D eigenvalue weighted by molar-refractivity contribution is -0.169. The first-order valence-electron chi connectivity index (χ1n) is 14.1. The zero-order chi connectivity index (χ0) is 29.0. The molecule has 10 heteroatoms. The van der Waals surface area contributed by atoms with Crippen LogP contribution in [-0.4, -0.2) is 51.2 Å². The number of ether oxygens (including phenoxy) is 5. The second-order valence-corrected chi connectivity index (χ2v) is 10.7. The van der Waals surface area contributed by atoms with E-state index in [4.69, 9.17) is 40.5 Å². The van der Waals surface area contributed by atoms with E-state index in [1.54, 1.807) is 32.2 Å². The van der Waals surface area contributed by atoms with Crippen LogP contribution in [0.2, 0.25) is 5.02 Å². The molecule has 3 rings (SSSR count). The van der Waals surface area contributed by atoms with Crippen LogP contribution in [0.1, 0.15) is 77.6 Å². The minimum atomic E-state index is -2.92. The number of esters is 1. The number of nitrogens with zero attached hydrogens (tertiary/aromatic N) is 1. The Morgan fingerprint density at radius 2 is 2.00 bits per heavy atom. The van der Waals surface area contributed by atoms with Gasteiger partial charge in [0.1, 0.15) is 11.5 Å². The number of carbonyl (C=O) groups excluding carboxylic acids is 1. The van der Waals surface area contributed by atoms with Crippen molar-refractivity contribution in [2.75, 3.05) is 33.5 Å². The second-order valence-electron chi connectivity index (χ2n) is 10.3. The molecule has 40 heavy (non-hydrogen) atoms. The molecule has 7 nitrogen and oxygen atoms in total. The molecule has 0 aromatic heterocycles. The van der Waals surface area contributed by atoms with Gasteiger partial charge in [0.15, 0.2) is 5.79 Å². The molecule has 0 bridgehead atoms. The van der Waals surface area contributed by atoms with Gasteiger partial charge in [0.2, 0.25) is 5.92 Å². The van der Waals surface area contributed by atoms with Crippen LogP contribution in [0.5, 0.6) is 11.5 Å². The van der Waals surface area contributed by atoms with Crippen LogP contribution in [0, 0.1) is 17.2 Å². The quantitative estimate of drug-likeness (QED) is 0.148. The lowest BCUT2D eigenvalue weighted by Gasteiger charge is -2.37. The lowest BCUT2D eigenvalue weighted by atomic mass is 9.76. The fraction of sp³-hybridized carbons (Fsp3) is 0.667. The van der Waals surface area contributed by atoms with Crippen LogP contribution < -0.4 is 9.47 Å². The van der Waals surface area contributed by atoms with Crippen molar-refractivity contribution in [1.82, 2.24) is 0 Å². The molecule has 1 aromatic carbocycles. The second kappa shape index (κ2) is 15.6. The van der Waals surface area contributed by atoms with Crippen molar-refractivity contribution in [3.05, 3.63) is 34.4 Å². The van der Waals surface area contributed by atoms with Gasteiger partial charge in [0, 0.05) is 43.7 Å². The zero-order valence-corrected chi connectivity index (χ0v) is 24.2. The third-order valence-corrected chi connectivity index (χ3v) is 7.70. The number of hydrogen-bond acceptors (Lipinski definition) is 7. The first-order valence-corrected chi connectivity index (χ1v) is 14.5. The minimum Gasteiger partial charge on any atom is -0.497 e. The van der Waals surface area contributed by atoms with Crippen LogP contribution in [0.25, 0.3) is 0 Å². The van der Waals surface area contributed by atoms with Crippen molar-refractivity contribution in [3.8, 4) is 17.6 Å². The van der Waals surface area contributed by atoms with E-state index in [0.29, 0.717) is 80.4 Å². The average Bonchev–Trinajstić information content (AvgIpc) is 3.38. The Labute approximate surface area is 240 Å². The average molecular weight is 584 g/mol. The Morgan fingerprint density at radius 3 is 2.67 bits per heavy atom. The Hall–Kier alpha value is -2.41. The summed E-state index contributed by atoms with van der Waals surface area (Å²) in [5, 5.41) is 9.18. The molecule has 1 spiro atoms. The van der Waals surface area contributed by atoms with Crippen LogP contribution in [0.4, 0.5) is 8.78 Å². The highest BCUT2D eigenvalue weighted by molar-refractivity contribution is 6.32. The number of methoxy groups -OCH3 is 1. The summed E-state index contributed by atoms with van der Waals surface area (Å²) in [6.07, 6.45) is 3.19. The van der Waals surface area contributed by atoms with Gasteiger partial charge in [0.05, 0.1) is 44.6 Å². The molecule has 1 aliphatic carbocycles. The highest BCUT2D eigenvalue weighted by atomic mass is 35.5. The fourth-order valence-corrected chi connectivity index (χ4v) is 5.64. The van der Waals surface area contributed by atoms with Crippen LogP contribution in [0.15, 0.2) is 29.3 Å². The molecule has 1 aromatic rings. The Morgan fingerprint density at radius 1 is 1.23 bits per heavy atom. The number of unbranched alkanes of at least 4 members (excludes halogenated alkanes) is 3. The molecule has 0 N–H and O–H groups in total. The smallest absolute Gasteiger partial charge is 0.334 e. The molecule has 1 saturated heterocycles. The van der Waals surface area contributed by atoms with E-state index in [-0.39, 0.29) is 38.7 Å². The maximum atomic E-state index is 15.2. The molecule has 2 aliphatic rings. The minimum absolute atomic E-state index is 0.190. The summed E-state index contributed by atoms with van der Waals surface area (Å²) in [7, 11) is 1.56. The summed E-state index contributed by atoms with van der Waals surface area (Å²) in [6.45, 7) is 3.16. The summed E-state index contributed by atoms with van der Waals surface area (Å²) in [5.74, 6) is -3.65. The highest BCUT2D eigenvalue weighted by Crippen LogP contribution is 2.45. The van der Waals surface area contributed by atoms with Gasteiger partial charge in [-0.05, 0) is 63.5 Å². The zero-order valence-electron chi connectivity index (χ0n) is 23.4. The molecule has 1 atom stereocenters. The molecule has 0 amide bonds. The van der Waals surface area contributed by atoms with Gasteiger partial charge in [0.25, 0.3) is 0 Å². The van der Waals surface area contributed by atoms with E-state index in [1.807, 2.05) is 6.07 Å². The van der Waals surface area contributed by atoms with Crippen molar-refractivity contribution >= 4 is 17.6 Å². The number of rotatable bonds is 16. The van der Waals surface area contributed by atoms with E-state index >= 15 is 8.78 Å². The third kappa shape index (κ3) is 9.32. The molecular weight excluding hydrogens is 544 g/mol. The first-order chi connectivity index (χ1) is 19.2. The summed E-state index contributed by atoms with van der Waals surface area (Å²) in [5.41, 5.74) is 1.13. The standard InChI is InChI=1S/C30H40ClF2NO6/c1-3-37-28(35)25-21-30(39-17-18-40-30)14-12-24(25)22(20-29(32,33)13-6-4-7-15-34)9-5-8-16-38-27-11-10-23(36-2)19-26(27)31/h10-11,19,22H,3-9,12-14,16-18,20-21H2,1-2H3. The van der Waals surface area contributed by atoms with Gasteiger partial charge in [-0.15, -0.1) is 0 Å². The van der Waals surface area contributed by atoms with Crippen molar-refractivity contribution in [2.45, 2.75) is 89.3 Å². The Bertz CT molecular complexity index is 1050. The number of nitriles is 1. The van der Waals surface area contributed by atoms with Crippen molar-refractivity contribution in [1.29, 1.82) is 5.26 Å². The monoisotopic (exact) mass is 583 g/mol. The number of hydrogen-bond donors (Lipinski definition) is 0. The van der Waals surface area contributed by atoms with E-state index in [0.717, 1.165) is 5.57 Å². The summed E-state index contributed by atoms with van der Waals surface area (Å²) in [6, 6.07) is 7.17. The summed E-state index contributed by atoms with van der Waals surface area (Å²) in [4.78, 5) is 13.0. The normalized spacial score (nSPS) is 17.5. The van der Waals surface area contributed by atoms with Crippen molar-refractivity contribution < 1.29 is 37.3 Å². The predicted octanol–water partition coefficient (Wildman–Crippen LogP) is 7.41. The number of halogens is 3. The van der Waals surface area contributed by atoms with E-state index < -0.39 is 23.6 Å². The van der Waals surface area contributed by atoms with Gasteiger partial charge < -0.3 is 23.7 Å². The largest absolute Gasteiger partial charge is 0.497 e. The SMILES string of the molecule is CCOC(=O)C1=C(C(CCCCOc2ccc(OC)cc2Cl)CC(F)(F)CCCCC#N)CCC2(C1)OCCO2. The van der Waals surface area contributed by atoms with E-state index in [9.17, 15) is 4.79 Å². The Balaban J connectivity index is 1.73. The van der Waals surface area contributed by atoms with Crippen molar-refractivity contribution in [3.63, 3.8) is 0 Å². The van der Waals surface area contributed by atoms with E-state index in [2.05, 4.69) is 0 Å². The predicted molar refractivity (Wildman–Crippen MR) is 147 cm³/mol. The fourth-order valence-electron chi connectivity index (χ4n) is 5.41. The topological polar surface area (TPSA) is 87.0 Å². The molecular formula is C30H40ClF2NO6. The molecule has 0 saturated carbocycles. The van der Waals surface area contributed by atoms with Crippen molar-refractivity contribution in [2.24, 2.45) is 5.92 Å². The van der Waals surface area contributed by atoms with Crippen LogP contribution in [-0.2, 0) is 19.0 Å². The molecule has 1 unspecified atom stereocenters. The van der Waals surface area contributed by atoms with Gasteiger partial charge in [-0.25, -0.2) is 13.6 Å². The van der Waals surface area contributed by atoms with Crippen LogP contribution in [0.3, 0.4) is 0 Å². The molecule has 1 heterocycles. The first kappa shape index (κ1) is 32.1. The maximum absolute atomic E-state index is 15.2. The van der Waals surface area contributed by atoms with Gasteiger partial charge in [-0.3, -0.25) is 0 Å². The number of benzene rings is 1. The number of alkyl halides is 2. The molecule has 1 fully saturated rings. The summed E-state index contributed by atoms with van der Waals surface area (Å²) < 4.78 is 58.4. The van der Waals surface area contributed by atoms with Gasteiger partial charge >= 0.3 is 5.97 Å². The number of carbonyl (C=O) groups is 1. The number of allylic oxidation sites excluding steroid dienone is 1.